The van der Waals surface area contributed by atoms with Gasteiger partial charge in [0.1, 0.15) is 25.5 Å². The van der Waals surface area contributed by atoms with Gasteiger partial charge in [0.25, 0.3) is 0 Å². The number of rotatable bonds is 9. The van der Waals surface area contributed by atoms with E-state index in [1.165, 1.54) is 29.4 Å². The number of hydrogen-bond acceptors (Lipinski definition) is 13. The molecule has 0 amide bonds. The van der Waals surface area contributed by atoms with E-state index in [0.717, 1.165) is 28.0 Å². The third kappa shape index (κ3) is 5.63. The second kappa shape index (κ2) is 14.6. The molecule has 3 fully saturated rings. The molecule has 2 aliphatic carbocycles. The molecule has 6 atom stereocenters. The summed E-state index contributed by atoms with van der Waals surface area (Å²) < 4.78 is 23.9. The maximum Gasteiger partial charge on any atom is 0.357 e. The lowest BCUT2D eigenvalue weighted by molar-refractivity contribution is -0.155. The van der Waals surface area contributed by atoms with Gasteiger partial charge in [-0.2, -0.15) is 17.0 Å². The van der Waals surface area contributed by atoms with Gasteiger partial charge in [0.05, 0.1) is 25.3 Å². The van der Waals surface area contributed by atoms with E-state index in [4.69, 9.17) is 23.8 Å². The second-order valence-electron chi connectivity index (χ2n) is 16.0. The first-order chi connectivity index (χ1) is 28.0. The number of nitriles is 1. The number of esters is 1. The van der Waals surface area contributed by atoms with Crippen LogP contribution in [0, 0.1) is 25.2 Å². The van der Waals surface area contributed by atoms with Gasteiger partial charge in [0.2, 0.25) is 6.79 Å². The zero-order valence-electron chi connectivity index (χ0n) is 33.4. The van der Waals surface area contributed by atoms with E-state index in [1.54, 1.807) is 25.8 Å². The number of nitrogens with zero attached hydrogens (tertiary/aromatic N) is 4. The summed E-state index contributed by atoms with van der Waals surface area (Å²) >= 11 is 1.56. The van der Waals surface area contributed by atoms with Crippen LogP contribution in [0.5, 0.6) is 5.75 Å². The van der Waals surface area contributed by atoms with Crippen LogP contribution in [-0.2, 0) is 35.1 Å². The quantitative estimate of drug-likeness (QED) is 0.166. The van der Waals surface area contributed by atoms with Gasteiger partial charge in [0, 0.05) is 47.1 Å². The fourth-order valence-electron chi connectivity index (χ4n) is 10.8. The summed E-state index contributed by atoms with van der Waals surface area (Å²) in [5, 5.41) is 27.9. The molecule has 12 nitrogen and oxygen atoms in total. The number of thioether (sulfide) groups is 1. The van der Waals surface area contributed by atoms with Crippen LogP contribution >= 0.6 is 11.8 Å². The summed E-state index contributed by atoms with van der Waals surface area (Å²) in [6, 6.07) is 18.8. The van der Waals surface area contributed by atoms with Crippen molar-refractivity contribution in [3.8, 4) is 22.9 Å². The minimum absolute atomic E-state index is 0.0154. The predicted molar refractivity (Wildman–Crippen MR) is 217 cm³/mol. The molecule has 0 radical (unpaired) electrons. The third-order valence-corrected chi connectivity index (χ3v) is 14.2. The van der Waals surface area contributed by atoms with Crippen molar-refractivity contribution in [1.29, 1.82) is 5.26 Å². The summed E-state index contributed by atoms with van der Waals surface area (Å²) in [5.74, 6) is 1.16. The number of aryl methyl sites for hydroxylation is 1. The van der Waals surface area contributed by atoms with E-state index in [1.807, 2.05) is 20.9 Å². The highest BCUT2D eigenvalue weighted by Crippen LogP contribution is 2.55. The van der Waals surface area contributed by atoms with Gasteiger partial charge >= 0.3 is 5.97 Å². The number of Topliss-reactive ketones (excluding diaryl/α,β-unsaturated/α-hetero) is 1. The average molecular weight is 803 g/mol. The number of piperidine rings is 1. The first-order valence-electron chi connectivity index (χ1n) is 19.6. The Morgan fingerprint density at radius 3 is 2.41 bits per heavy atom. The molecule has 0 saturated carbocycles. The first kappa shape index (κ1) is 38.4. The molecule has 1 N–H and O–H groups in total. The smallest absolute Gasteiger partial charge is 0.357 e. The van der Waals surface area contributed by atoms with E-state index < -0.39 is 35.5 Å². The molecule has 13 heteroatoms. The Kier molecular flexibility index (Phi) is 9.67. The van der Waals surface area contributed by atoms with Crippen LogP contribution in [-0.4, -0.2) is 108 Å². The van der Waals surface area contributed by atoms with E-state index in [9.17, 15) is 20.0 Å². The van der Waals surface area contributed by atoms with Crippen molar-refractivity contribution in [2.24, 2.45) is 5.16 Å². The van der Waals surface area contributed by atoms with Crippen molar-refractivity contribution >= 4 is 29.2 Å². The Hall–Kier alpha value is -5.13. The molecule has 0 spiro atoms. The number of carbonyl (C=O) groups is 2. The average Bonchev–Trinajstić information content (AvgIpc) is 3.83. The van der Waals surface area contributed by atoms with Crippen LogP contribution in [0.2, 0.25) is 0 Å². The summed E-state index contributed by atoms with van der Waals surface area (Å²) in [7, 11) is 5.05. The Morgan fingerprint density at radius 2 is 1.74 bits per heavy atom. The molecule has 4 aliphatic heterocycles. The number of piperazine rings is 1. The normalized spacial score (nSPS) is 27.3. The Morgan fingerprint density at radius 1 is 1.05 bits per heavy atom. The summed E-state index contributed by atoms with van der Waals surface area (Å²) in [4.78, 5) is 37.9. The lowest BCUT2D eigenvalue weighted by atomic mass is 9.64. The minimum atomic E-state index is -2.02. The van der Waals surface area contributed by atoms with Gasteiger partial charge in [-0.15, -0.1) is 0 Å². The molecule has 3 aromatic carbocycles. The molecule has 3 saturated heterocycles. The van der Waals surface area contributed by atoms with E-state index in [2.05, 4.69) is 75.6 Å². The fraction of sp³-hybridized carbons (Fsp3) is 0.422. The maximum atomic E-state index is 14.4. The van der Waals surface area contributed by atoms with Crippen LogP contribution in [0.4, 0.5) is 0 Å². The van der Waals surface area contributed by atoms with E-state index >= 15 is 0 Å². The van der Waals surface area contributed by atoms with Gasteiger partial charge in [-0.25, -0.2) is 4.79 Å². The van der Waals surface area contributed by atoms with Gasteiger partial charge in [-0.1, -0.05) is 59.8 Å². The van der Waals surface area contributed by atoms with Crippen LogP contribution in [0.1, 0.15) is 58.7 Å². The molecular formula is C45H46N4O8S. The van der Waals surface area contributed by atoms with Gasteiger partial charge < -0.3 is 28.9 Å². The zero-order valence-corrected chi connectivity index (χ0v) is 34.2. The monoisotopic (exact) mass is 802 g/mol. The Bertz CT molecular complexity index is 2340. The van der Waals surface area contributed by atoms with E-state index in [-0.39, 0.29) is 72.0 Å². The zero-order chi connectivity index (χ0) is 40.6. The highest BCUT2D eigenvalue weighted by atomic mass is 32.2. The highest BCUT2D eigenvalue weighted by Gasteiger charge is 2.64. The molecule has 3 aromatic rings. The van der Waals surface area contributed by atoms with Crippen molar-refractivity contribution in [3.63, 3.8) is 0 Å². The summed E-state index contributed by atoms with van der Waals surface area (Å²) in [6.45, 7) is 5.26. The van der Waals surface area contributed by atoms with Gasteiger partial charge in [-0.05, 0) is 78.7 Å². The Labute approximate surface area is 342 Å². The number of fused-ring (bicyclic) bond motifs is 11. The van der Waals surface area contributed by atoms with Gasteiger partial charge in [-0.3, -0.25) is 14.6 Å². The molecule has 9 rings (SSSR count). The third-order valence-electron chi connectivity index (χ3n) is 13.1. The SMILES string of the molecule is CO/N=C(\CSCC1c2ccccc2-c2ccccc21)C(=O)OC[C@H]1C2=C3OCOC3=C(C)C(=O)[C@@]2(O)CC2[C@H]3c4c(cc(C)c(OC)c4C)C[C@@H]([C@H](C#N)N21)N3C. The number of aliphatic hydroxyl groups is 1. The lowest BCUT2D eigenvalue weighted by Gasteiger charge is -2.62. The molecule has 300 valence electrons. The standard InChI is InChI=1S/C45H46N4O8S/c1-23-15-26-16-33-35(18-46)49-34(39(48(33)4)37(26)24(2)40(23)53-5)17-45(52)38(42-41(56-22-57-42)25(3)43(45)50)36(49)19-55-44(51)32(47-54-6)21-58-20-31-29-13-9-7-11-27(29)28-12-8-10-14-30(28)31/h7-15,31,33-36,39,52H,16-17,19-22H2,1-6H3/b47-32+/t33-,34?,35-,36-,39-,45+/m0/s1. The molecular weight excluding hydrogens is 757 g/mol. The number of likely N-dealkylation sites (N-methyl/N-ethyl adjacent to an activating group) is 1. The van der Waals surface area contributed by atoms with Crippen molar-refractivity contribution in [2.45, 2.75) is 75.3 Å². The molecule has 2 bridgehead atoms. The molecule has 0 aromatic heterocycles. The van der Waals surface area contributed by atoms with Crippen LogP contribution in [0.15, 0.2) is 82.4 Å². The fourth-order valence-corrected chi connectivity index (χ4v) is 11.9. The maximum absolute atomic E-state index is 14.4. The van der Waals surface area contributed by atoms with Crippen LogP contribution < -0.4 is 4.74 Å². The predicted octanol–water partition coefficient (Wildman–Crippen LogP) is 5.50. The summed E-state index contributed by atoms with van der Waals surface area (Å²) in [6.07, 6.45) is 0.581. The first-order valence-corrected chi connectivity index (χ1v) is 20.8. The number of methoxy groups -OCH3 is 1. The number of benzene rings is 3. The van der Waals surface area contributed by atoms with Crippen molar-refractivity contribution in [2.75, 3.05) is 46.2 Å². The molecule has 58 heavy (non-hydrogen) atoms. The minimum Gasteiger partial charge on any atom is -0.496 e. The van der Waals surface area contributed by atoms with Crippen molar-refractivity contribution < 1.29 is 38.5 Å². The van der Waals surface area contributed by atoms with Crippen molar-refractivity contribution in [1.82, 2.24) is 9.80 Å². The number of oxime groups is 1. The number of carbonyl (C=O) groups excluding carboxylic acids is 2. The van der Waals surface area contributed by atoms with Crippen LogP contribution in [0.25, 0.3) is 11.1 Å². The van der Waals surface area contributed by atoms with Crippen molar-refractivity contribution in [3.05, 3.63) is 111 Å². The molecule has 1 unspecified atom stereocenters. The number of ketones is 1. The molecule has 4 heterocycles. The van der Waals surface area contributed by atoms with Crippen LogP contribution in [0.3, 0.4) is 0 Å². The topological polar surface area (TPSA) is 143 Å². The lowest BCUT2D eigenvalue weighted by Crippen LogP contribution is -2.74. The Balaban J connectivity index is 1.05. The molecule has 6 aliphatic rings. The highest BCUT2D eigenvalue weighted by molar-refractivity contribution is 8.00. The number of hydrogen-bond donors (Lipinski definition) is 1. The second-order valence-corrected chi connectivity index (χ2v) is 17.0. The van der Waals surface area contributed by atoms with E-state index in [0.29, 0.717) is 12.2 Å². The number of ether oxygens (including phenoxy) is 4. The summed E-state index contributed by atoms with van der Waals surface area (Å²) in [5.41, 5.74) is 7.67. The largest absolute Gasteiger partial charge is 0.496 e. The van der Waals surface area contributed by atoms with Gasteiger partial charge in [0.15, 0.2) is 28.6 Å².